The Hall–Kier alpha value is -2.62. The van der Waals surface area contributed by atoms with Crippen LogP contribution in [-0.2, 0) is 20.7 Å². The summed E-state index contributed by atoms with van der Waals surface area (Å²) in [7, 11) is 1.30. The monoisotopic (exact) mass is 524 g/mol. The smallest absolute Gasteiger partial charge is 0.343 e. The zero-order chi connectivity index (χ0) is 22.1. The van der Waals surface area contributed by atoms with Crippen molar-refractivity contribution in [3.05, 3.63) is 56.2 Å². The van der Waals surface area contributed by atoms with Crippen molar-refractivity contribution >= 4 is 40.7 Å². The number of hydrazone groups is 1. The van der Waals surface area contributed by atoms with Crippen molar-refractivity contribution in [1.29, 1.82) is 0 Å². The number of benzene rings is 2. The number of nitrogens with one attached hydrogen (secondary N) is 1. The van der Waals surface area contributed by atoms with Crippen molar-refractivity contribution in [3.8, 4) is 11.5 Å². The number of esters is 1. The second-order valence-corrected chi connectivity index (χ2v) is 7.69. The predicted molar refractivity (Wildman–Crippen MR) is 123 cm³/mol. The molecule has 0 heterocycles. The van der Waals surface area contributed by atoms with Gasteiger partial charge in [-0.05, 0) is 72.2 Å². The van der Waals surface area contributed by atoms with Gasteiger partial charge in [-0.2, -0.15) is 5.10 Å². The molecule has 0 bridgehead atoms. The molecule has 1 amide bonds. The van der Waals surface area contributed by atoms with Gasteiger partial charge in [-0.15, -0.1) is 0 Å². The summed E-state index contributed by atoms with van der Waals surface area (Å²) >= 11 is 2.09. The fraction of sp³-hybridized carbons (Fsp3) is 0.318. The van der Waals surface area contributed by atoms with Crippen LogP contribution in [0.2, 0.25) is 0 Å². The molecule has 0 spiro atoms. The Kier molecular flexibility index (Phi) is 9.10. The molecular formula is C22H25IN2O5. The van der Waals surface area contributed by atoms with Gasteiger partial charge < -0.3 is 14.2 Å². The van der Waals surface area contributed by atoms with E-state index in [4.69, 9.17) is 9.47 Å². The molecule has 0 saturated heterocycles. The van der Waals surface area contributed by atoms with Gasteiger partial charge in [0.25, 0.3) is 0 Å². The number of carbonyl (C=O) groups excluding carboxylic acids is 2. The van der Waals surface area contributed by atoms with Gasteiger partial charge in [0.2, 0.25) is 5.91 Å². The number of halogens is 1. The molecule has 0 aliphatic rings. The highest BCUT2D eigenvalue weighted by Crippen LogP contribution is 2.34. The van der Waals surface area contributed by atoms with Crippen molar-refractivity contribution < 1.29 is 23.8 Å². The summed E-state index contributed by atoms with van der Waals surface area (Å²) in [6.45, 7) is 6.07. The summed E-state index contributed by atoms with van der Waals surface area (Å²) in [5.41, 5.74) is 6.48. The van der Waals surface area contributed by atoms with Crippen molar-refractivity contribution in [3.63, 3.8) is 0 Å². The molecule has 0 unspecified atom stereocenters. The van der Waals surface area contributed by atoms with E-state index in [0.29, 0.717) is 18.1 Å². The quantitative estimate of drug-likeness (QED) is 0.235. The molecule has 2 aromatic rings. The van der Waals surface area contributed by atoms with Crippen LogP contribution in [0.3, 0.4) is 0 Å². The van der Waals surface area contributed by atoms with Gasteiger partial charge in [-0.3, -0.25) is 4.79 Å². The van der Waals surface area contributed by atoms with Gasteiger partial charge in [-0.25, -0.2) is 10.2 Å². The maximum atomic E-state index is 12.2. The van der Waals surface area contributed by atoms with Crippen LogP contribution in [0.25, 0.3) is 0 Å². The fourth-order valence-corrected chi connectivity index (χ4v) is 3.47. The van der Waals surface area contributed by atoms with Crippen LogP contribution >= 0.6 is 22.6 Å². The minimum absolute atomic E-state index is 0.198. The van der Waals surface area contributed by atoms with E-state index in [-0.39, 0.29) is 18.9 Å². The Balaban J connectivity index is 2.06. The topological polar surface area (TPSA) is 86.2 Å². The zero-order valence-corrected chi connectivity index (χ0v) is 19.6. The molecule has 0 aliphatic carbocycles. The van der Waals surface area contributed by atoms with Crippen LogP contribution in [-0.4, -0.2) is 38.4 Å². The molecule has 30 heavy (non-hydrogen) atoms. The third kappa shape index (κ3) is 7.01. The Morgan fingerprint density at radius 3 is 2.60 bits per heavy atom. The third-order valence-corrected chi connectivity index (χ3v) is 4.95. The number of methoxy groups -OCH3 is 1. The molecule has 2 aromatic carbocycles. The third-order valence-electron chi connectivity index (χ3n) is 4.15. The fourth-order valence-electron chi connectivity index (χ4n) is 2.69. The number of hydrogen-bond acceptors (Lipinski definition) is 6. The number of nitrogens with zero attached hydrogens (tertiary/aromatic N) is 1. The maximum absolute atomic E-state index is 12.2. The van der Waals surface area contributed by atoms with E-state index in [2.05, 4.69) is 37.9 Å². The Morgan fingerprint density at radius 1 is 1.17 bits per heavy atom. The summed E-state index contributed by atoms with van der Waals surface area (Å²) in [5.74, 6) is 0.261. The highest BCUT2D eigenvalue weighted by Gasteiger charge is 2.14. The molecule has 0 radical (unpaired) electrons. The van der Waals surface area contributed by atoms with Gasteiger partial charge >= 0.3 is 5.97 Å². The highest BCUT2D eigenvalue weighted by atomic mass is 127. The van der Waals surface area contributed by atoms with E-state index >= 15 is 0 Å². The van der Waals surface area contributed by atoms with Crippen molar-refractivity contribution in [2.45, 2.75) is 27.2 Å². The highest BCUT2D eigenvalue weighted by molar-refractivity contribution is 14.1. The molecule has 0 aromatic heterocycles. The summed E-state index contributed by atoms with van der Waals surface area (Å²) < 4.78 is 16.5. The minimum Gasteiger partial charge on any atom is -0.490 e. The Labute approximate surface area is 189 Å². The molecular weight excluding hydrogens is 499 g/mol. The second-order valence-electron chi connectivity index (χ2n) is 6.53. The van der Waals surface area contributed by atoms with Crippen molar-refractivity contribution in [2.24, 2.45) is 5.10 Å². The summed E-state index contributed by atoms with van der Waals surface area (Å²) in [5, 5.41) is 4.05. The van der Waals surface area contributed by atoms with Gasteiger partial charge in [0.05, 0.1) is 29.9 Å². The van der Waals surface area contributed by atoms with Crippen LogP contribution in [0.15, 0.2) is 35.4 Å². The second kappa shape index (κ2) is 11.5. The number of aryl methyl sites for hydroxylation is 2. The first kappa shape index (κ1) is 23.7. The average molecular weight is 524 g/mol. The first-order chi connectivity index (χ1) is 14.3. The maximum Gasteiger partial charge on any atom is 0.343 e. The van der Waals surface area contributed by atoms with E-state index < -0.39 is 5.97 Å². The standard InChI is InChI=1S/C22H25IN2O5/c1-5-29-19-10-16(9-18(23)22(19)30-13-21(27)28-4)12-24-25-20(26)11-17-7-6-14(2)8-15(17)3/h6-10,12H,5,11,13H2,1-4H3,(H,25,26)/b24-12-. The molecule has 0 aliphatic heterocycles. The normalized spacial score (nSPS) is 10.7. The predicted octanol–water partition coefficient (Wildman–Crippen LogP) is 3.55. The van der Waals surface area contributed by atoms with Gasteiger partial charge in [0, 0.05) is 0 Å². The largest absolute Gasteiger partial charge is 0.490 e. The number of carbonyl (C=O) groups is 2. The lowest BCUT2D eigenvalue weighted by Gasteiger charge is -2.14. The molecule has 0 atom stereocenters. The molecule has 160 valence electrons. The number of rotatable bonds is 9. The summed E-state index contributed by atoms with van der Waals surface area (Å²) in [6, 6.07) is 9.54. The van der Waals surface area contributed by atoms with E-state index in [9.17, 15) is 9.59 Å². The lowest BCUT2D eigenvalue weighted by molar-refractivity contribution is -0.143. The average Bonchev–Trinajstić information content (AvgIpc) is 2.69. The first-order valence-electron chi connectivity index (χ1n) is 9.38. The van der Waals surface area contributed by atoms with E-state index in [0.717, 1.165) is 25.8 Å². The zero-order valence-electron chi connectivity index (χ0n) is 17.5. The lowest BCUT2D eigenvalue weighted by atomic mass is 10.0. The van der Waals surface area contributed by atoms with Gasteiger partial charge in [0.15, 0.2) is 18.1 Å². The summed E-state index contributed by atoms with van der Waals surface area (Å²) in [4.78, 5) is 23.5. The van der Waals surface area contributed by atoms with Crippen LogP contribution in [0.5, 0.6) is 11.5 Å². The minimum atomic E-state index is -0.481. The Morgan fingerprint density at radius 2 is 1.93 bits per heavy atom. The number of amides is 1. The van der Waals surface area contributed by atoms with Crippen molar-refractivity contribution in [2.75, 3.05) is 20.3 Å². The van der Waals surface area contributed by atoms with Gasteiger partial charge in [0.1, 0.15) is 0 Å². The van der Waals surface area contributed by atoms with Crippen LogP contribution in [0.1, 0.15) is 29.2 Å². The Bertz CT molecular complexity index is 943. The summed E-state index contributed by atoms with van der Waals surface area (Å²) in [6.07, 6.45) is 1.79. The lowest BCUT2D eigenvalue weighted by Crippen LogP contribution is -2.20. The first-order valence-corrected chi connectivity index (χ1v) is 10.5. The molecule has 0 fully saturated rings. The van der Waals surface area contributed by atoms with E-state index in [1.807, 2.05) is 45.0 Å². The number of ether oxygens (including phenoxy) is 3. The molecule has 2 rings (SSSR count). The van der Waals surface area contributed by atoms with Gasteiger partial charge in [-0.1, -0.05) is 23.8 Å². The van der Waals surface area contributed by atoms with Crippen LogP contribution in [0.4, 0.5) is 0 Å². The molecule has 1 N–H and O–H groups in total. The van der Waals surface area contributed by atoms with E-state index in [1.54, 1.807) is 6.07 Å². The van der Waals surface area contributed by atoms with E-state index in [1.165, 1.54) is 13.3 Å². The SMILES string of the molecule is CCOc1cc(/C=N\NC(=O)Cc2ccc(C)cc2C)cc(I)c1OCC(=O)OC. The van der Waals surface area contributed by atoms with Crippen LogP contribution in [0, 0.1) is 17.4 Å². The molecule has 0 saturated carbocycles. The molecule has 7 nitrogen and oxygen atoms in total. The van der Waals surface area contributed by atoms with Crippen LogP contribution < -0.4 is 14.9 Å². The number of hydrogen-bond donors (Lipinski definition) is 1. The van der Waals surface area contributed by atoms with Crippen molar-refractivity contribution in [1.82, 2.24) is 5.43 Å². The molecule has 8 heteroatoms.